The van der Waals surface area contributed by atoms with Crippen molar-refractivity contribution in [3.05, 3.63) is 11.8 Å². The molecule has 1 amide bonds. The van der Waals surface area contributed by atoms with Gasteiger partial charge in [0.2, 0.25) is 0 Å². The molecule has 1 aromatic heterocycles. The molecule has 0 aliphatic carbocycles. The number of rotatable bonds is 5. The fourth-order valence-corrected chi connectivity index (χ4v) is 1.17. The summed E-state index contributed by atoms with van der Waals surface area (Å²) in [6, 6.07) is 0. The molecule has 1 aromatic rings. The number of aromatic nitrogens is 2. The lowest BCUT2D eigenvalue weighted by atomic mass is 10.3. The Balaban J connectivity index is 2.28. The van der Waals surface area contributed by atoms with Gasteiger partial charge in [0.1, 0.15) is 11.4 Å². The lowest BCUT2D eigenvalue weighted by Gasteiger charge is -2.09. The zero-order valence-corrected chi connectivity index (χ0v) is 9.08. The average Bonchev–Trinajstić information content (AvgIpc) is 2.58. The third-order valence-corrected chi connectivity index (χ3v) is 1.98. The number of aromatic amines is 1. The molecule has 0 unspecified atom stereocenters. The SMILES string of the molecule is CN(C)CCCNC(=O)c1cn[nH]c1N. The smallest absolute Gasteiger partial charge is 0.256 e. The maximum Gasteiger partial charge on any atom is 0.256 e. The Kier molecular flexibility index (Phi) is 4.11. The molecular weight excluding hydrogens is 194 g/mol. The summed E-state index contributed by atoms with van der Waals surface area (Å²) in [6.07, 6.45) is 2.34. The van der Waals surface area contributed by atoms with E-state index >= 15 is 0 Å². The van der Waals surface area contributed by atoms with E-state index in [0.717, 1.165) is 13.0 Å². The molecule has 1 rings (SSSR count). The van der Waals surface area contributed by atoms with Gasteiger partial charge < -0.3 is 16.0 Å². The first-order chi connectivity index (χ1) is 7.11. The van der Waals surface area contributed by atoms with E-state index in [0.29, 0.717) is 17.9 Å². The lowest BCUT2D eigenvalue weighted by Crippen LogP contribution is -2.27. The standard InChI is InChI=1S/C9H17N5O/c1-14(2)5-3-4-11-9(15)7-6-12-13-8(7)10/h6H,3-5H2,1-2H3,(H,11,15)(H3,10,12,13). The van der Waals surface area contributed by atoms with Crippen LogP contribution in [-0.4, -0.2) is 48.2 Å². The summed E-state index contributed by atoms with van der Waals surface area (Å²) in [5.41, 5.74) is 5.91. The van der Waals surface area contributed by atoms with Crippen molar-refractivity contribution >= 4 is 11.7 Å². The van der Waals surface area contributed by atoms with Crippen LogP contribution in [0.3, 0.4) is 0 Å². The second-order valence-corrected chi connectivity index (χ2v) is 3.61. The first-order valence-electron chi connectivity index (χ1n) is 4.83. The summed E-state index contributed by atoms with van der Waals surface area (Å²) in [5.74, 6) is 0.125. The fourth-order valence-electron chi connectivity index (χ4n) is 1.17. The van der Waals surface area contributed by atoms with Crippen LogP contribution in [0.5, 0.6) is 0 Å². The highest BCUT2D eigenvalue weighted by Gasteiger charge is 2.10. The van der Waals surface area contributed by atoms with Crippen molar-refractivity contribution < 1.29 is 4.79 Å². The van der Waals surface area contributed by atoms with E-state index in [1.54, 1.807) is 0 Å². The van der Waals surface area contributed by atoms with E-state index in [-0.39, 0.29) is 5.91 Å². The molecule has 0 saturated heterocycles. The minimum atomic E-state index is -0.181. The second-order valence-electron chi connectivity index (χ2n) is 3.61. The Morgan fingerprint density at radius 1 is 1.67 bits per heavy atom. The molecule has 0 aliphatic rings. The molecule has 4 N–H and O–H groups in total. The Morgan fingerprint density at radius 2 is 2.40 bits per heavy atom. The molecule has 84 valence electrons. The third kappa shape index (κ3) is 3.59. The van der Waals surface area contributed by atoms with Gasteiger partial charge in [0.05, 0.1) is 6.20 Å². The van der Waals surface area contributed by atoms with Gasteiger partial charge in [0, 0.05) is 6.54 Å². The predicted octanol–water partition coefficient (Wildman–Crippen LogP) is -0.327. The van der Waals surface area contributed by atoms with Crippen LogP contribution < -0.4 is 11.1 Å². The monoisotopic (exact) mass is 211 g/mol. The van der Waals surface area contributed by atoms with Crippen LogP contribution in [0.2, 0.25) is 0 Å². The molecule has 0 saturated carbocycles. The number of hydrogen-bond donors (Lipinski definition) is 3. The van der Waals surface area contributed by atoms with Crippen LogP contribution in [0, 0.1) is 0 Å². The number of nitrogens with two attached hydrogens (primary N) is 1. The number of carbonyl (C=O) groups excluding carboxylic acids is 1. The highest BCUT2D eigenvalue weighted by molar-refractivity contribution is 5.97. The molecule has 6 heteroatoms. The van der Waals surface area contributed by atoms with Crippen molar-refractivity contribution in [2.45, 2.75) is 6.42 Å². The number of amides is 1. The highest BCUT2D eigenvalue weighted by Crippen LogP contribution is 2.04. The molecule has 0 aliphatic heterocycles. The summed E-state index contributed by atoms with van der Waals surface area (Å²) in [5, 5.41) is 8.97. The zero-order valence-electron chi connectivity index (χ0n) is 9.08. The third-order valence-electron chi connectivity index (χ3n) is 1.98. The van der Waals surface area contributed by atoms with Gasteiger partial charge >= 0.3 is 0 Å². The number of nitrogen functional groups attached to an aromatic ring is 1. The molecule has 0 spiro atoms. The topological polar surface area (TPSA) is 87.0 Å². The molecule has 0 radical (unpaired) electrons. The summed E-state index contributed by atoms with van der Waals surface area (Å²) >= 11 is 0. The summed E-state index contributed by atoms with van der Waals surface area (Å²) in [4.78, 5) is 13.6. The van der Waals surface area contributed by atoms with Crippen LogP contribution in [0.25, 0.3) is 0 Å². The zero-order chi connectivity index (χ0) is 11.3. The predicted molar refractivity (Wildman–Crippen MR) is 58.5 cm³/mol. The van der Waals surface area contributed by atoms with Crippen molar-refractivity contribution in [2.75, 3.05) is 32.9 Å². The number of H-pyrrole nitrogens is 1. The second kappa shape index (κ2) is 5.35. The molecule has 0 aromatic carbocycles. The maximum absolute atomic E-state index is 11.5. The van der Waals surface area contributed by atoms with E-state index in [1.165, 1.54) is 6.20 Å². The molecule has 1 heterocycles. The molecular formula is C9H17N5O. The molecule has 6 nitrogen and oxygen atoms in total. The minimum absolute atomic E-state index is 0.181. The van der Waals surface area contributed by atoms with Gasteiger partial charge in [-0.05, 0) is 27.1 Å². The van der Waals surface area contributed by atoms with Crippen molar-refractivity contribution in [3.63, 3.8) is 0 Å². The van der Waals surface area contributed by atoms with Crippen LogP contribution >= 0.6 is 0 Å². The van der Waals surface area contributed by atoms with Crippen LogP contribution in [-0.2, 0) is 0 Å². The van der Waals surface area contributed by atoms with E-state index in [9.17, 15) is 4.79 Å². The number of hydrogen-bond acceptors (Lipinski definition) is 4. The summed E-state index contributed by atoms with van der Waals surface area (Å²) < 4.78 is 0. The van der Waals surface area contributed by atoms with Crippen molar-refractivity contribution in [1.82, 2.24) is 20.4 Å². The Labute approximate surface area is 88.8 Å². The first kappa shape index (κ1) is 11.5. The Bertz CT molecular complexity index is 320. The number of anilines is 1. The van der Waals surface area contributed by atoms with Gasteiger partial charge in [-0.1, -0.05) is 0 Å². The fraction of sp³-hybridized carbons (Fsp3) is 0.556. The molecule has 15 heavy (non-hydrogen) atoms. The number of nitrogens with zero attached hydrogens (tertiary/aromatic N) is 2. The molecule has 0 atom stereocenters. The van der Waals surface area contributed by atoms with Crippen molar-refractivity contribution in [3.8, 4) is 0 Å². The maximum atomic E-state index is 11.5. The number of carbonyl (C=O) groups is 1. The van der Waals surface area contributed by atoms with Crippen LogP contribution in [0.4, 0.5) is 5.82 Å². The quantitative estimate of drug-likeness (QED) is 0.582. The minimum Gasteiger partial charge on any atom is -0.383 e. The molecule has 0 bridgehead atoms. The van der Waals surface area contributed by atoms with Crippen LogP contribution in [0.1, 0.15) is 16.8 Å². The van der Waals surface area contributed by atoms with Gasteiger partial charge in [0.25, 0.3) is 5.91 Å². The van der Waals surface area contributed by atoms with E-state index in [4.69, 9.17) is 5.73 Å². The van der Waals surface area contributed by atoms with E-state index < -0.39 is 0 Å². The van der Waals surface area contributed by atoms with Crippen LogP contribution in [0.15, 0.2) is 6.20 Å². The van der Waals surface area contributed by atoms with Gasteiger partial charge in [-0.25, -0.2) is 0 Å². The highest BCUT2D eigenvalue weighted by atomic mass is 16.1. The Morgan fingerprint density at radius 3 is 2.93 bits per heavy atom. The first-order valence-corrected chi connectivity index (χ1v) is 4.83. The summed E-state index contributed by atoms with van der Waals surface area (Å²) in [6.45, 7) is 1.59. The van der Waals surface area contributed by atoms with E-state index in [1.807, 2.05) is 14.1 Å². The van der Waals surface area contributed by atoms with Gasteiger partial charge in [0.15, 0.2) is 0 Å². The number of nitrogens with one attached hydrogen (secondary N) is 2. The molecule has 0 fully saturated rings. The normalized spacial score (nSPS) is 10.6. The van der Waals surface area contributed by atoms with Crippen molar-refractivity contribution in [2.24, 2.45) is 0 Å². The summed E-state index contributed by atoms with van der Waals surface area (Å²) in [7, 11) is 3.99. The average molecular weight is 211 g/mol. The van der Waals surface area contributed by atoms with Gasteiger partial charge in [-0.2, -0.15) is 5.10 Å². The van der Waals surface area contributed by atoms with Gasteiger partial charge in [-0.3, -0.25) is 9.89 Å². The van der Waals surface area contributed by atoms with Gasteiger partial charge in [-0.15, -0.1) is 0 Å². The Hall–Kier alpha value is -1.56. The largest absolute Gasteiger partial charge is 0.383 e. The van der Waals surface area contributed by atoms with Crippen molar-refractivity contribution in [1.29, 1.82) is 0 Å². The van der Waals surface area contributed by atoms with E-state index in [2.05, 4.69) is 20.4 Å². The lowest BCUT2D eigenvalue weighted by molar-refractivity contribution is 0.0953.